The topological polar surface area (TPSA) is 286 Å². The van der Waals surface area contributed by atoms with Gasteiger partial charge < -0.3 is 67.9 Å². The minimum Gasteiger partial charge on any atom is -0.392 e. The molecule has 3 unspecified atom stereocenters. The highest BCUT2D eigenvalue weighted by Crippen LogP contribution is 2.16. The van der Waals surface area contributed by atoms with Gasteiger partial charge in [0.25, 0.3) is 0 Å². The number of sulfonamides is 1. The van der Waals surface area contributed by atoms with Crippen molar-refractivity contribution in [1.29, 1.82) is 0 Å². The number of sulfone groups is 1. The number of piperidine rings is 4. The van der Waals surface area contributed by atoms with E-state index in [4.69, 9.17) is 20.4 Å². The minimum absolute atomic E-state index is 0.0891. The standard InChI is InChI=1S/C9H20N2.C7H15NOS.C6H13NO2S.C6H13NO.C5H12N2O2S.C5H11NO2.C5H11NOS.C5H11NO/c1-9(2,3)8-11-6-4-10-5-7-11;1-10(2,9)7-3-5-8-6-4-7;1-10(8,9)6-2-4-7-5-3-6;1-5-2-6(8)4-7-3-5;1-10(8,9)7-4-2-6-3-5-7;7-4-1-2-6-3-5(4)8;1-8(2,7)5-3-6-4-5;1-5(7)2-3-6-4-5/h10H,4-8H2,1-3H3;7-8H,1,3-6H2,2H3;6-7H,2-5H2,1H3;5-8H,2-4H2,1H3;6H,2-5H2,1H3;4-8H,1-3H2;5-6H,1,3-4H2,2H3;6-7H,2-4H2,1H3/t;;;5-,6+;;4-,5+;;/m...1.1../s1. The van der Waals surface area contributed by atoms with Gasteiger partial charge in [-0.15, -0.1) is 0 Å². The zero-order valence-corrected chi connectivity index (χ0v) is 49.3. The van der Waals surface area contributed by atoms with Gasteiger partial charge in [-0.05, 0) is 140 Å². The first-order valence-electron chi connectivity index (χ1n) is 26.2. The zero-order chi connectivity index (χ0) is 54.7. The van der Waals surface area contributed by atoms with Gasteiger partial charge >= 0.3 is 0 Å². The summed E-state index contributed by atoms with van der Waals surface area (Å²) in [5.41, 5.74) is 0.0390. The molecule has 12 N–H and O–H groups in total. The number of piperazine rings is 2. The molecule has 0 aromatic carbocycles. The number of hydrogen-bond donors (Lipinski definition) is 12. The first-order chi connectivity index (χ1) is 33.3. The molecule has 432 valence electrons. The fourth-order valence-electron chi connectivity index (χ4n) is 8.41. The van der Waals surface area contributed by atoms with Crippen LogP contribution < -0.4 is 42.5 Å². The summed E-state index contributed by atoms with van der Waals surface area (Å²) >= 11 is 0. The van der Waals surface area contributed by atoms with Crippen molar-refractivity contribution in [2.24, 2.45) is 11.3 Å². The van der Waals surface area contributed by atoms with Crippen molar-refractivity contribution >= 4 is 50.6 Å². The highest BCUT2D eigenvalue weighted by atomic mass is 32.2. The molecule has 8 rings (SSSR count). The third-order valence-corrected chi connectivity index (χ3v) is 19.7. The van der Waals surface area contributed by atoms with E-state index in [9.17, 15) is 25.3 Å². The van der Waals surface area contributed by atoms with Crippen LogP contribution in [-0.4, -0.2) is 269 Å². The lowest BCUT2D eigenvalue weighted by Gasteiger charge is -2.32. The first kappa shape index (κ1) is 69.4. The molecular weight excluding hydrogens is 1000 g/mol. The Morgan fingerprint density at radius 3 is 1.26 bits per heavy atom. The van der Waals surface area contributed by atoms with Crippen molar-refractivity contribution in [2.75, 3.05) is 162 Å². The average Bonchev–Trinajstić information content (AvgIpc) is 3.68. The van der Waals surface area contributed by atoms with E-state index in [1.807, 2.05) is 6.92 Å². The van der Waals surface area contributed by atoms with Gasteiger partial charge in [0, 0.05) is 116 Å². The summed E-state index contributed by atoms with van der Waals surface area (Å²) in [6.07, 6.45) is 11.0. The number of hydrogen-bond acceptors (Lipinski definition) is 19. The van der Waals surface area contributed by atoms with Gasteiger partial charge in [-0.3, -0.25) is 8.42 Å². The van der Waals surface area contributed by atoms with E-state index in [0.29, 0.717) is 47.9 Å². The molecule has 0 aromatic rings. The number of nitrogens with zero attached hydrogens (tertiary/aromatic N) is 2. The Balaban J connectivity index is 0.000000413. The summed E-state index contributed by atoms with van der Waals surface area (Å²) in [6, 6.07) is 0. The van der Waals surface area contributed by atoms with Gasteiger partial charge in [-0.1, -0.05) is 27.7 Å². The molecule has 8 heterocycles. The summed E-state index contributed by atoms with van der Waals surface area (Å²) < 4.78 is 67.6. The van der Waals surface area contributed by atoms with Crippen LogP contribution in [0.5, 0.6) is 0 Å². The van der Waals surface area contributed by atoms with Crippen molar-refractivity contribution < 1.29 is 45.7 Å². The lowest BCUT2D eigenvalue weighted by Crippen LogP contribution is -2.50. The van der Waals surface area contributed by atoms with Gasteiger partial charge in [-0.25, -0.2) is 16.8 Å². The maximum Gasteiger partial charge on any atom is 0.211 e. The largest absolute Gasteiger partial charge is 0.392 e. The summed E-state index contributed by atoms with van der Waals surface area (Å²) in [7, 11) is -9.19. The molecule has 20 nitrogen and oxygen atoms in total. The fourth-order valence-corrected chi connectivity index (χ4v) is 12.5. The normalized spacial score (nSPS) is 29.7. The minimum atomic E-state index is -2.93. The Bertz CT molecular complexity index is 1730. The van der Waals surface area contributed by atoms with E-state index >= 15 is 0 Å². The lowest BCUT2D eigenvalue weighted by atomic mass is 9.96. The molecule has 0 saturated carbocycles. The van der Waals surface area contributed by atoms with E-state index in [2.05, 4.69) is 86.9 Å². The van der Waals surface area contributed by atoms with Crippen molar-refractivity contribution in [3.63, 3.8) is 0 Å². The number of aliphatic hydroxyl groups is 4. The molecule has 8 aliphatic rings. The quantitative estimate of drug-likeness (QED) is 0.126. The molecule has 7 atom stereocenters. The number of β-amino-alcohol motifs (C(OH)–C–C–N with tert-alkyl or cyclic N) is 3. The van der Waals surface area contributed by atoms with Gasteiger partial charge in [0.1, 0.15) is 9.84 Å². The average molecular weight is 1110 g/mol. The molecule has 8 fully saturated rings. The van der Waals surface area contributed by atoms with Crippen molar-refractivity contribution in [1.82, 2.24) is 51.7 Å². The molecule has 0 bridgehead atoms. The summed E-state index contributed by atoms with van der Waals surface area (Å²) in [5, 5.41) is 61.5. The second-order valence-corrected chi connectivity index (χ2v) is 32.3. The molecule has 0 aliphatic carbocycles. The molecule has 0 amide bonds. The van der Waals surface area contributed by atoms with Crippen LogP contribution in [0.25, 0.3) is 0 Å². The van der Waals surface area contributed by atoms with E-state index in [1.165, 1.54) is 36.5 Å². The van der Waals surface area contributed by atoms with Crippen molar-refractivity contribution in [2.45, 2.75) is 119 Å². The van der Waals surface area contributed by atoms with Gasteiger partial charge in [0.05, 0.1) is 40.7 Å². The van der Waals surface area contributed by atoms with Gasteiger partial charge in [0.2, 0.25) is 10.0 Å². The SMILES string of the molecule is C=S(C)(=O)C1CCNCC1.C=S(C)(=O)C1CNC1.CC(C)(C)CN1CCNCC1.CC1(O)CCNC1.CS(=O)(=O)C1CCNCC1.CS(=O)(=O)N1CCNCC1.C[C@H]1CNC[C@@H](O)C1.O[C@@H]1CCNC[C@@H]1O. The Hall–Kier alpha value is -0.620. The Morgan fingerprint density at radius 1 is 0.556 bits per heavy atom. The highest BCUT2D eigenvalue weighted by Gasteiger charge is 2.25. The van der Waals surface area contributed by atoms with Crippen LogP contribution in [0.1, 0.15) is 79.6 Å². The van der Waals surface area contributed by atoms with E-state index in [1.54, 1.807) is 12.5 Å². The van der Waals surface area contributed by atoms with Gasteiger partial charge in [-0.2, -0.15) is 4.31 Å². The highest BCUT2D eigenvalue weighted by molar-refractivity contribution is 8.00. The molecular formula is C48H106N10O10S4. The maximum atomic E-state index is 11.4. The fraction of sp³-hybridized carbons (Fsp3) is 0.958. The molecule has 24 heteroatoms. The van der Waals surface area contributed by atoms with Gasteiger partial charge in [0.15, 0.2) is 0 Å². The molecule has 0 spiro atoms. The van der Waals surface area contributed by atoms with E-state index < -0.39 is 56.7 Å². The smallest absolute Gasteiger partial charge is 0.211 e. The third kappa shape index (κ3) is 34.9. The predicted molar refractivity (Wildman–Crippen MR) is 304 cm³/mol. The van der Waals surface area contributed by atoms with Crippen LogP contribution in [-0.2, 0) is 38.9 Å². The Labute approximate surface area is 438 Å². The molecule has 8 saturated heterocycles. The van der Waals surface area contributed by atoms with E-state index in [0.717, 1.165) is 137 Å². The molecule has 0 radical (unpaired) electrons. The van der Waals surface area contributed by atoms with Crippen LogP contribution in [0, 0.1) is 11.3 Å². The summed E-state index contributed by atoms with van der Waals surface area (Å²) in [6.45, 7) is 30.1. The summed E-state index contributed by atoms with van der Waals surface area (Å²) in [5.74, 6) is 7.93. The van der Waals surface area contributed by atoms with Crippen LogP contribution >= 0.6 is 0 Å². The number of aliphatic hydroxyl groups excluding tert-OH is 3. The predicted octanol–water partition coefficient (Wildman–Crippen LogP) is -2.63. The van der Waals surface area contributed by atoms with Crippen molar-refractivity contribution in [3.05, 3.63) is 0 Å². The summed E-state index contributed by atoms with van der Waals surface area (Å²) in [4.78, 5) is 2.54. The number of nitrogens with one attached hydrogen (secondary N) is 8. The monoisotopic (exact) mass is 1110 g/mol. The third-order valence-electron chi connectivity index (χ3n) is 13.1. The zero-order valence-electron chi connectivity index (χ0n) is 46.0. The second-order valence-electron chi connectivity index (χ2n) is 22.4. The van der Waals surface area contributed by atoms with Crippen LogP contribution in [0.15, 0.2) is 0 Å². The van der Waals surface area contributed by atoms with Crippen LogP contribution in [0.4, 0.5) is 0 Å². The second kappa shape index (κ2) is 35.0. The van der Waals surface area contributed by atoms with Crippen LogP contribution in [0.3, 0.4) is 0 Å². The number of rotatable bonds is 5. The van der Waals surface area contributed by atoms with Crippen LogP contribution in [0.2, 0.25) is 0 Å². The molecule has 72 heavy (non-hydrogen) atoms. The molecule has 8 aliphatic heterocycles. The lowest BCUT2D eigenvalue weighted by molar-refractivity contribution is 0.000433. The van der Waals surface area contributed by atoms with E-state index in [-0.39, 0.29) is 11.4 Å². The van der Waals surface area contributed by atoms with Crippen molar-refractivity contribution in [3.8, 4) is 0 Å². The Kier molecular flexibility index (Phi) is 33.7. The molecule has 0 aromatic heterocycles. The Morgan fingerprint density at radius 2 is 1.01 bits per heavy atom. The first-order valence-corrected chi connectivity index (χ1v) is 34.4. The maximum absolute atomic E-state index is 11.4.